The molecule has 0 amide bonds. The lowest BCUT2D eigenvalue weighted by atomic mass is 10.1. The minimum absolute atomic E-state index is 0.251. The molecule has 0 fully saturated rings. The molecule has 0 saturated carbocycles. The first-order chi connectivity index (χ1) is 14.2. The van der Waals surface area contributed by atoms with Crippen molar-refractivity contribution in [2.45, 2.75) is 24.1 Å². The predicted octanol–water partition coefficient (Wildman–Crippen LogP) is 4.95. The number of thioether (sulfide) groups is 1. The maximum absolute atomic E-state index is 6.28. The van der Waals surface area contributed by atoms with E-state index in [1.807, 2.05) is 47.0 Å². The number of fused-ring (bicyclic) bond motifs is 1. The Hall–Kier alpha value is -2.48. The van der Waals surface area contributed by atoms with Crippen molar-refractivity contribution in [3.63, 3.8) is 0 Å². The highest BCUT2D eigenvalue weighted by Crippen LogP contribution is 2.36. The van der Waals surface area contributed by atoms with Crippen LogP contribution in [0.4, 0.5) is 0 Å². The van der Waals surface area contributed by atoms with Gasteiger partial charge in [-0.2, -0.15) is 0 Å². The minimum atomic E-state index is 0.251. The van der Waals surface area contributed by atoms with Gasteiger partial charge < -0.3 is 14.2 Å². The molecule has 0 atom stereocenters. The fraction of sp³-hybridized carbons (Fsp3) is 0.238. The van der Waals surface area contributed by atoms with Crippen molar-refractivity contribution in [3.05, 3.63) is 65.2 Å². The molecule has 2 aromatic carbocycles. The lowest BCUT2D eigenvalue weighted by Crippen LogP contribution is -2.13. The first kappa shape index (κ1) is 19.8. The van der Waals surface area contributed by atoms with Crippen molar-refractivity contribution in [3.8, 4) is 22.9 Å². The van der Waals surface area contributed by atoms with Crippen molar-refractivity contribution in [1.82, 2.24) is 14.8 Å². The highest BCUT2D eigenvalue weighted by Gasteiger charge is 2.19. The van der Waals surface area contributed by atoms with Crippen molar-refractivity contribution >= 4 is 23.4 Å². The van der Waals surface area contributed by atoms with Crippen LogP contribution in [0.25, 0.3) is 11.4 Å². The van der Waals surface area contributed by atoms with E-state index in [2.05, 4.69) is 16.8 Å². The summed E-state index contributed by atoms with van der Waals surface area (Å²) in [6.07, 6.45) is 1.84. The van der Waals surface area contributed by atoms with Crippen LogP contribution in [-0.4, -0.2) is 28.7 Å². The monoisotopic (exact) mass is 429 g/mol. The van der Waals surface area contributed by atoms with Crippen molar-refractivity contribution < 1.29 is 14.2 Å². The molecule has 8 heteroatoms. The van der Waals surface area contributed by atoms with Gasteiger partial charge >= 0.3 is 0 Å². The molecule has 6 nitrogen and oxygen atoms in total. The molecule has 1 aliphatic heterocycles. The Bertz CT molecular complexity index is 1020. The van der Waals surface area contributed by atoms with Crippen LogP contribution in [0.2, 0.25) is 5.02 Å². The van der Waals surface area contributed by atoms with Gasteiger partial charge in [0.1, 0.15) is 11.5 Å². The Morgan fingerprint density at radius 3 is 2.86 bits per heavy atom. The van der Waals surface area contributed by atoms with Gasteiger partial charge in [0.15, 0.2) is 17.8 Å². The van der Waals surface area contributed by atoms with Gasteiger partial charge in [0.2, 0.25) is 0 Å². The zero-order chi connectivity index (χ0) is 20.2. The molecule has 1 aliphatic rings. The number of rotatable bonds is 7. The first-order valence-corrected chi connectivity index (χ1v) is 10.4. The molecule has 0 N–H and O–H groups in total. The van der Waals surface area contributed by atoms with Crippen molar-refractivity contribution in [1.29, 1.82) is 0 Å². The predicted molar refractivity (Wildman–Crippen MR) is 114 cm³/mol. The number of halogens is 1. The van der Waals surface area contributed by atoms with Gasteiger partial charge in [0.25, 0.3) is 0 Å². The van der Waals surface area contributed by atoms with Crippen LogP contribution in [0, 0.1) is 0 Å². The summed E-state index contributed by atoms with van der Waals surface area (Å²) in [7, 11) is 1.65. The summed E-state index contributed by atoms with van der Waals surface area (Å²) in [5.41, 5.74) is 2.94. The normalized spacial score (nSPS) is 12.9. The van der Waals surface area contributed by atoms with Crippen molar-refractivity contribution in [2.24, 2.45) is 0 Å². The number of hydrogen-bond acceptors (Lipinski definition) is 6. The molecule has 3 aromatic rings. The molecule has 0 saturated heterocycles. The van der Waals surface area contributed by atoms with E-state index in [9.17, 15) is 0 Å². The van der Waals surface area contributed by atoms with Crippen LogP contribution >= 0.6 is 23.4 Å². The molecule has 2 heterocycles. The zero-order valence-corrected chi connectivity index (χ0v) is 17.5. The topological polar surface area (TPSA) is 58.4 Å². The van der Waals surface area contributed by atoms with E-state index in [-0.39, 0.29) is 6.79 Å². The Morgan fingerprint density at radius 1 is 1.28 bits per heavy atom. The van der Waals surface area contributed by atoms with Gasteiger partial charge in [0.05, 0.1) is 13.7 Å². The van der Waals surface area contributed by atoms with E-state index in [0.29, 0.717) is 23.9 Å². The standard InChI is InChI=1S/C21H20ClN3O3S/c1-3-8-25-20(14-4-6-18(26-2)7-5-14)23-24-21(25)29-12-16-10-17(22)9-15-11-27-13-28-19(15)16/h3-7,9-10H,1,8,11-13H2,2H3. The summed E-state index contributed by atoms with van der Waals surface area (Å²) in [5.74, 6) is 3.08. The summed E-state index contributed by atoms with van der Waals surface area (Å²) in [6, 6.07) is 11.6. The average Bonchev–Trinajstić information content (AvgIpc) is 3.14. The largest absolute Gasteiger partial charge is 0.497 e. The van der Waals surface area contributed by atoms with Crippen LogP contribution in [0.1, 0.15) is 11.1 Å². The summed E-state index contributed by atoms with van der Waals surface area (Å²) in [5, 5.41) is 10.3. The smallest absolute Gasteiger partial charge is 0.192 e. The average molecular weight is 430 g/mol. The lowest BCUT2D eigenvalue weighted by molar-refractivity contribution is -0.0168. The molecule has 150 valence electrons. The molecule has 4 rings (SSSR count). The zero-order valence-electron chi connectivity index (χ0n) is 15.9. The summed E-state index contributed by atoms with van der Waals surface area (Å²) < 4.78 is 18.3. The number of aromatic nitrogens is 3. The Labute approximate surface area is 178 Å². The molecule has 0 radical (unpaired) electrons. The summed E-state index contributed by atoms with van der Waals surface area (Å²) >= 11 is 7.86. The highest BCUT2D eigenvalue weighted by molar-refractivity contribution is 7.98. The van der Waals surface area contributed by atoms with Gasteiger partial charge in [0, 0.05) is 34.0 Å². The van der Waals surface area contributed by atoms with Crippen LogP contribution in [0.3, 0.4) is 0 Å². The van der Waals surface area contributed by atoms with E-state index in [4.69, 9.17) is 25.8 Å². The first-order valence-electron chi connectivity index (χ1n) is 9.02. The second kappa shape index (κ2) is 8.90. The summed E-state index contributed by atoms with van der Waals surface area (Å²) in [4.78, 5) is 0. The second-order valence-electron chi connectivity index (χ2n) is 6.39. The summed E-state index contributed by atoms with van der Waals surface area (Å²) in [6.45, 7) is 5.23. The van der Waals surface area contributed by atoms with Crippen LogP contribution in [-0.2, 0) is 23.6 Å². The molecule has 0 bridgehead atoms. The molecular weight excluding hydrogens is 410 g/mol. The maximum atomic E-state index is 6.28. The fourth-order valence-corrected chi connectivity index (χ4v) is 4.33. The third-order valence-corrected chi connectivity index (χ3v) is 5.72. The van der Waals surface area contributed by atoms with E-state index in [1.54, 1.807) is 18.9 Å². The number of nitrogens with zero attached hydrogens (tertiary/aromatic N) is 3. The second-order valence-corrected chi connectivity index (χ2v) is 7.77. The number of methoxy groups -OCH3 is 1. The molecular formula is C21H20ClN3O3S. The van der Waals surface area contributed by atoms with E-state index >= 15 is 0 Å². The van der Waals surface area contributed by atoms with Gasteiger partial charge in [-0.15, -0.1) is 16.8 Å². The van der Waals surface area contributed by atoms with Crippen LogP contribution in [0.5, 0.6) is 11.5 Å². The van der Waals surface area contributed by atoms with Gasteiger partial charge in [-0.3, -0.25) is 4.57 Å². The lowest BCUT2D eigenvalue weighted by Gasteiger charge is -2.21. The highest BCUT2D eigenvalue weighted by atomic mass is 35.5. The van der Waals surface area contributed by atoms with Crippen LogP contribution < -0.4 is 9.47 Å². The van der Waals surface area contributed by atoms with Crippen molar-refractivity contribution in [2.75, 3.05) is 13.9 Å². The third kappa shape index (κ3) is 4.27. The Balaban J connectivity index is 1.60. The van der Waals surface area contributed by atoms with Gasteiger partial charge in [-0.1, -0.05) is 29.4 Å². The van der Waals surface area contributed by atoms with E-state index in [1.165, 1.54) is 0 Å². The van der Waals surface area contributed by atoms with Crippen LogP contribution in [0.15, 0.2) is 54.2 Å². The SMILES string of the molecule is C=CCn1c(SCc2cc(Cl)cc3c2OCOC3)nnc1-c1ccc(OC)cc1. The number of hydrogen-bond donors (Lipinski definition) is 0. The molecule has 1 aromatic heterocycles. The van der Waals surface area contributed by atoms with Gasteiger partial charge in [-0.05, 0) is 36.4 Å². The fourth-order valence-electron chi connectivity index (χ4n) is 3.15. The molecule has 0 spiro atoms. The number of ether oxygens (including phenoxy) is 3. The number of allylic oxidation sites excluding steroid dienone is 1. The van der Waals surface area contributed by atoms with Gasteiger partial charge in [-0.25, -0.2) is 0 Å². The molecule has 29 heavy (non-hydrogen) atoms. The molecule has 0 unspecified atom stereocenters. The molecule has 0 aliphatic carbocycles. The maximum Gasteiger partial charge on any atom is 0.192 e. The third-order valence-electron chi connectivity index (χ3n) is 4.49. The minimum Gasteiger partial charge on any atom is -0.497 e. The number of benzene rings is 2. The Kier molecular flexibility index (Phi) is 6.08. The quantitative estimate of drug-likeness (QED) is 0.391. The Morgan fingerprint density at radius 2 is 2.10 bits per heavy atom. The van der Waals surface area contributed by atoms with E-state index < -0.39 is 0 Å². The van der Waals surface area contributed by atoms with E-state index in [0.717, 1.165) is 39.2 Å².